The van der Waals surface area contributed by atoms with Gasteiger partial charge in [-0.3, -0.25) is 9.59 Å². The minimum atomic E-state index is -0.408. The van der Waals surface area contributed by atoms with E-state index in [9.17, 15) is 9.59 Å². The molecule has 2 amide bonds. The summed E-state index contributed by atoms with van der Waals surface area (Å²) in [6.45, 7) is 3.92. The van der Waals surface area contributed by atoms with Crippen LogP contribution in [0.5, 0.6) is 0 Å². The van der Waals surface area contributed by atoms with Gasteiger partial charge >= 0.3 is 0 Å². The lowest BCUT2D eigenvalue weighted by molar-refractivity contribution is -0.120. The molecular formula is C18H18N2O2S. The molecule has 2 N–H and O–H groups in total. The molecular weight excluding hydrogens is 308 g/mol. The molecule has 0 radical (unpaired) electrons. The van der Waals surface area contributed by atoms with Crippen LogP contribution in [0.15, 0.2) is 47.4 Å². The molecule has 1 atom stereocenters. The number of hydrogen-bond donors (Lipinski definition) is 2. The summed E-state index contributed by atoms with van der Waals surface area (Å²) < 4.78 is 0. The lowest BCUT2D eigenvalue weighted by Gasteiger charge is -2.23. The summed E-state index contributed by atoms with van der Waals surface area (Å²) in [5.41, 5.74) is 3.68. The monoisotopic (exact) mass is 326 g/mol. The number of carbonyl (C=O) groups excluding carboxylic acids is 2. The van der Waals surface area contributed by atoms with Crippen LogP contribution in [0, 0.1) is 13.8 Å². The zero-order valence-corrected chi connectivity index (χ0v) is 13.9. The van der Waals surface area contributed by atoms with Crippen molar-refractivity contribution in [2.75, 3.05) is 10.6 Å². The Morgan fingerprint density at radius 3 is 2.57 bits per heavy atom. The molecule has 3 rings (SSSR count). The maximum absolute atomic E-state index is 12.3. The molecule has 0 aliphatic carbocycles. The van der Waals surface area contributed by atoms with Crippen LogP contribution in [0.1, 0.15) is 17.5 Å². The molecule has 0 aromatic heterocycles. The summed E-state index contributed by atoms with van der Waals surface area (Å²) in [6.07, 6.45) is 0.151. The van der Waals surface area contributed by atoms with Crippen LogP contribution in [-0.2, 0) is 9.59 Å². The zero-order valence-electron chi connectivity index (χ0n) is 13.1. The molecule has 2 aromatic carbocycles. The maximum Gasteiger partial charge on any atom is 0.238 e. The van der Waals surface area contributed by atoms with Gasteiger partial charge in [-0.2, -0.15) is 0 Å². The molecule has 0 saturated heterocycles. The Hall–Kier alpha value is -2.27. The van der Waals surface area contributed by atoms with Crippen molar-refractivity contribution >= 4 is 35.0 Å². The van der Waals surface area contributed by atoms with E-state index in [1.807, 2.05) is 56.3 Å². The third-order valence-electron chi connectivity index (χ3n) is 3.82. The number of fused-ring (bicyclic) bond motifs is 1. The first kappa shape index (κ1) is 15.6. The van der Waals surface area contributed by atoms with E-state index in [-0.39, 0.29) is 18.2 Å². The number of benzene rings is 2. The number of anilines is 2. The third-order valence-corrected chi connectivity index (χ3v) is 5.10. The van der Waals surface area contributed by atoms with E-state index in [0.29, 0.717) is 0 Å². The summed E-state index contributed by atoms with van der Waals surface area (Å²) in [6, 6.07) is 13.5. The molecule has 1 heterocycles. The first-order valence-electron chi connectivity index (χ1n) is 7.47. The highest BCUT2D eigenvalue weighted by molar-refractivity contribution is 8.01. The average Bonchev–Trinajstić information content (AvgIpc) is 2.52. The molecule has 0 bridgehead atoms. The van der Waals surface area contributed by atoms with E-state index >= 15 is 0 Å². The Balaban J connectivity index is 1.70. The van der Waals surface area contributed by atoms with Crippen LogP contribution in [0.2, 0.25) is 0 Å². The van der Waals surface area contributed by atoms with Crippen molar-refractivity contribution in [1.82, 2.24) is 0 Å². The smallest absolute Gasteiger partial charge is 0.238 e. The number of aryl methyl sites for hydroxylation is 2. The molecule has 0 fully saturated rings. The molecule has 2 aromatic rings. The standard InChI is InChI=1S/C18H18N2O2S/c1-11-6-5-7-12(2)17(11)20-16(21)10-15-18(22)19-13-8-3-4-9-14(13)23-15/h3-9,15H,10H2,1-2H3,(H,19,22)(H,20,21). The largest absolute Gasteiger partial charge is 0.326 e. The molecule has 1 unspecified atom stereocenters. The second-order valence-electron chi connectivity index (χ2n) is 5.61. The maximum atomic E-state index is 12.3. The van der Waals surface area contributed by atoms with Crippen LogP contribution in [0.3, 0.4) is 0 Å². The Labute approximate surface area is 139 Å². The molecule has 0 saturated carbocycles. The van der Waals surface area contributed by atoms with Gasteiger partial charge in [-0.05, 0) is 37.1 Å². The van der Waals surface area contributed by atoms with Crippen molar-refractivity contribution in [3.05, 3.63) is 53.6 Å². The van der Waals surface area contributed by atoms with Gasteiger partial charge in [0.15, 0.2) is 0 Å². The third kappa shape index (κ3) is 3.40. The number of para-hydroxylation sites is 2. The lowest BCUT2D eigenvalue weighted by Crippen LogP contribution is -2.32. The molecule has 118 valence electrons. The molecule has 5 heteroatoms. The lowest BCUT2D eigenvalue weighted by atomic mass is 10.1. The van der Waals surface area contributed by atoms with Gasteiger partial charge in [-0.25, -0.2) is 0 Å². The van der Waals surface area contributed by atoms with Gasteiger partial charge in [0.2, 0.25) is 11.8 Å². The zero-order chi connectivity index (χ0) is 16.4. The highest BCUT2D eigenvalue weighted by Crippen LogP contribution is 2.36. The van der Waals surface area contributed by atoms with E-state index in [1.54, 1.807) is 0 Å². The van der Waals surface area contributed by atoms with Gasteiger partial charge in [-0.15, -0.1) is 11.8 Å². The predicted molar refractivity (Wildman–Crippen MR) is 93.9 cm³/mol. The van der Waals surface area contributed by atoms with Crippen LogP contribution in [-0.4, -0.2) is 17.1 Å². The van der Waals surface area contributed by atoms with Gasteiger partial charge in [0, 0.05) is 17.0 Å². The van der Waals surface area contributed by atoms with Crippen molar-refractivity contribution in [2.45, 2.75) is 30.4 Å². The van der Waals surface area contributed by atoms with Gasteiger partial charge < -0.3 is 10.6 Å². The Bertz CT molecular complexity index is 753. The van der Waals surface area contributed by atoms with Crippen molar-refractivity contribution in [3.63, 3.8) is 0 Å². The van der Waals surface area contributed by atoms with Gasteiger partial charge in [0.1, 0.15) is 0 Å². The number of nitrogens with one attached hydrogen (secondary N) is 2. The number of amides is 2. The Morgan fingerprint density at radius 1 is 1.13 bits per heavy atom. The fraction of sp³-hybridized carbons (Fsp3) is 0.222. The summed E-state index contributed by atoms with van der Waals surface area (Å²) in [7, 11) is 0. The predicted octanol–water partition coefficient (Wildman–Crippen LogP) is 3.75. The second kappa shape index (κ2) is 6.46. The number of carbonyl (C=O) groups is 2. The van der Waals surface area contributed by atoms with Crippen molar-refractivity contribution in [1.29, 1.82) is 0 Å². The van der Waals surface area contributed by atoms with E-state index < -0.39 is 5.25 Å². The summed E-state index contributed by atoms with van der Waals surface area (Å²) >= 11 is 1.44. The first-order chi connectivity index (χ1) is 11.0. The molecule has 23 heavy (non-hydrogen) atoms. The number of rotatable bonds is 3. The fourth-order valence-electron chi connectivity index (χ4n) is 2.60. The van der Waals surface area contributed by atoms with E-state index in [1.165, 1.54) is 11.8 Å². The van der Waals surface area contributed by atoms with E-state index in [0.717, 1.165) is 27.4 Å². The summed E-state index contributed by atoms with van der Waals surface area (Å²) in [4.78, 5) is 25.5. The topological polar surface area (TPSA) is 58.2 Å². The molecule has 1 aliphatic heterocycles. The van der Waals surface area contributed by atoms with Gasteiger partial charge in [0.25, 0.3) is 0 Å². The molecule has 1 aliphatic rings. The van der Waals surface area contributed by atoms with E-state index in [4.69, 9.17) is 0 Å². The molecule has 4 nitrogen and oxygen atoms in total. The number of hydrogen-bond acceptors (Lipinski definition) is 3. The number of thioether (sulfide) groups is 1. The van der Waals surface area contributed by atoms with Crippen LogP contribution >= 0.6 is 11.8 Å². The minimum Gasteiger partial charge on any atom is -0.326 e. The minimum absolute atomic E-state index is 0.120. The van der Waals surface area contributed by atoms with Crippen molar-refractivity contribution in [3.8, 4) is 0 Å². The van der Waals surface area contributed by atoms with Crippen LogP contribution in [0.25, 0.3) is 0 Å². The Kier molecular flexibility index (Phi) is 4.39. The summed E-state index contributed by atoms with van der Waals surface area (Å²) in [5, 5.41) is 5.39. The van der Waals surface area contributed by atoms with Gasteiger partial charge in [-0.1, -0.05) is 30.3 Å². The first-order valence-corrected chi connectivity index (χ1v) is 8.35. The normalized spacial score (nSPS) is 16.4. The van der Waals surface area contributed by atoms with Gasteiger partial charge in [0.05, 0.1) is 10.9 Å². The summed E-state index contributed by atoms with van der Waals surface area (Å²) in [5.74, 6) is -0.264. The fourth-order valence-corrected chi connectivity index (χ4v) is 3.71. The quantitative estimate of drug-likeness (QED) is 0.903. The average molecular weight is 326 g/mol. The van der Waals surface area contributed by atoms with Crippen LogP contribution in [0.4, 0.5) is 11.4 Å². The van der Waals surface area contributed by atoms with Crippen molar-refractivity contribution in [2.24, 2.45) is 0 Å². The molecule has 0 spiro atoms. The van der Waals surface area contributed by atoms with Crippen molar-refractivity contribution < 1.29 is 9.59 Å². The highest BCUT2D eigenvalue weighted by Gasteiger charge is 2.28. The van der Waals surface area contributed by atoms with E-state index in [2.05, 4.69) is 10.6 Å². The van der Waals surface area contributed by atoms with Crippen LogP contribution < -0.4 is 10.6 Å². The SMILES string of the molecule is Cc1cccc(C)c1NC(=O)CC1Sc2ccccc2NC1=O. The highest BCUT2D eigenvalue weighted by atomic mass is 32.2. The second-order valence-corrected chi connectivity index (χ2v) is 6.86. The Morgan fingerprint density at radius 2 is 1.83 bits per heavy atom.